The van der Waals surface area contributed by atoms with Crippen molar-refractivity contribution in [1.29, 1.82) is 0 Å². The number of piperazine rings is 1. The summed E-state index contributed by atoms with van der Waals surface area (Å²) in [7, 11) is 2.07. The van der Waals surface area contributed by atoms with Crippen LogP contribution in [-0.4, -0.2) is 67.6 Å². The number of likely N-dealkylation sites (tertiary alicyclic amines) is 1. The molecule has 6 nitrogen and oxygen atoms in total. The van der Waals surface area contributed by atoms with Gasteiger partial charge in [0, 0.05) is 31.4 Å². The van der Waals surface area contributed by atoms with Gasteiger partial charge in [0.2, 0.25) is 5.91 Å². The Hall–Kier alpha value is -2.08. The molecule has 2 aliphatic rings. The molecular formula is C19H28N4O2. The third-order valence-electron chi connectivity index (χ3n) is 4.98. The minimum atomic E-state index is -0.117. The largest absolute Gasteiger partial charge is 0.334 e. The number of hydrogen-bond acceptors (Lipinski definition) is 3. The minimum absolute atomic E-state index is 0.0211. The van der Waals surface area contributed by atoms with Crippen molar-refractivity contribution in [2.24, 2.45) is 0 Å². The van der Waals surface area contributed by atoms with Crippen molar-refractivity contribution >= 4 is 17.6 Å². The Morgan fingerprint density at radius 1 is 1.12 bits per heavy atom. The van der Waals surface area contributed by atoms with Crippen LogP contribution in [-0.2, 0) is 4.79 Å². The smallest absolute Gasteiger partial charge is 0.318 e. The van der Waals surface area contributed by atoms with Crippen molar-refractivity contribution in [3.05, 3.63) is 29.3 Å². The van der Waals surface area contributed by atoms with Crippen LogP contribution in [0.1, 0.15) is 24.0 Å². The van der Waals surface area contributed by atoms with Gasteiger partial charge in [-0.15, -0.1) is 0 Å². The number of anilines is 1. The third-order valence-corrected chi connectivity index (χ3v) is 4.98. The second-order valence-electron chi connectivity index (χ2n) is 7.36. The van der Waals surface area contributed by atoms with E-state index in [-0.39, 0.29) is 24.5 Å². The Kier molecular flexibility index (Phi) is 5.27. The van der Waals surface area contributed by atoms with Crippen LogP contribution in [0.4, 0.5) is 10.5 Å². The van der Waals surface area contributed by atoms with E-state index in [4.69, 9.17) is 0 Å². The van der Waals surface area contributed by atoms with Crippen LogP contribution in [0.3, 0.4) is 0 Å². The van der Waals surface area contributed by atoms with E-state index >= 15 is 0 Å². The van der Waals surface area contributed by atoms with E-state index in [2.05, 4.69) is 23.3 Å². The molecule has 2 aliphatic heterocycles. The lowest BCUT2D eigenvalue weighted by Gasteiger charge is -2.36. The molecule has 6 heteroatoms. The molecule has 1 aromatic rings. The number of amides is 3. The van der Waals surface area contributed by atoms with E-state index in [1.165, 1.54) is 0 Å². The number of nitrogens with one attached hydrogen (secondary N) is 1. The number of carbonyl (C=O) groups excluding carboxylic acids is 2. The first-order chi connectivity index (χ1) is 11.9. The topological polar surface area (TPSA) is 55.9 Å². The van der Waals surface area contributed by atoms with E-state index in [1.807, 2.05) is 26.0 Å². The highest BCUT2D eigenvalue weighted by molar-refractivity contribution is 5.97. The third kappa shape index (κ3) is 4.31. The molecule has 0 radical (unpaired) electrons. The van der Waals surface area contributed by atoms with Gasteiger partial charge in [0.1, 0.15) is 6.54 Å². The highest BCUT2D eigenvalue weighted by Gasteiger charge is 2.29. The van der Waals surface area contributed by atoms with E-state index in [0.29, 0.717) is 13.1 Å². The fourth-order valence-electron chi connectivity index (χ4n) is 3.78. The number of carbonyl (C=O) groups is 2. The average Bonchev–Trinajstić information content (AvgIpc) is 2.53. The lowest BCUT2D eigenvalue weighted by Crippen LogP contribution is -2.57. The summed E-state index contributed by atoms with van der Waals surface area (Å²) in [5.74, 6) is -0.0211. The molecular weight excluding hydrogens is 316 g/mol. The molecule has 136 valence electrons. The predicted octanol–water partition coefficient (Wildman–Crippen LogP) is 1.76. The molecule has 3 amide bonds. The Morgan fingerprint density at radius 3 is 2.48 bits per heavy atom. The molecule has 0 aromatic heterocycles. The molecule has 3 rings (SSSR count). The first-order valence-corrected chi connectivity index (χ1v) is 9.05. The van der Waals surface area contributed by atoms with Crippen LogP contribution in [0.2, 0.25) is 0 Å². The number of nitrogens with zero attached hydrogens (tertiary/aromatic N) is 3. The van der Waals surface area contributed by atoms with Gasteiger partial charge in [-0.3, -0.25) is 4.79 Å². The first kappa shape index (κ1) is 17.7. The second kappa shape index (κ2) is 7.44. The van der Waals surface area contributed by atoms with Crippen LogP contribution < -0.4 is 10.2 Å². The van der Waals surface area contributed by atoms with Crippen molar-refractivity contribution in [2.45, 2.75) is 32.7 Å². The lowest BCUT2D eigenvalue weighted by molar-refractivity contribution is -0.120. The molecule has 0 aliphatic carbocycles. The molecule has 1 atom stereocenters. The maximum Gasteiger partial charge on any atom is 0.318 e. The number of rotatable bonds is 2. The summed E-state index contributed by atoms with van der Waals surface area (Å²) in [6.07, 6.45) is 2.10. The maximum absolute atomic E-state index is 12.6. The molecule has 2 fully saturated rings. The molecule has 2 saturated heterocycles. The van der Waals surface area contributed by atoms with Gasteiger partial charge in [-0.1, -0.05) is 6.07 Å². The quantitative estimate of drug-likeness (QED) is 0.889. The number of urea groups is 1. The fourth-order valence-corrected chi connectivity index (χ4v) is 3.78. The van der Waals surface area contributed by atoms with Gasteiger partial charge >= 0.3 is 6.03 Å². The first-order valence-electron chi connectivity index (χ1n) is 9.05. The monoisotopic (exact) mass is 344 g/mol. The zero-order valence-electron chi connectivity index (χ0n) is 15.4. The van der Waals surface area contributed by atoms with E-state index < -0.39 is 0 Å². The number of likely N-dealkylation sites (N-methyl/N-ethyl adjacent to an activating group) is 1. The Labute approximate surface area is 149 Å². The molecule has 0 spiro atoms. The molecule has 1 aromatic carbocycles. The zero-order valence-corrected chi connectivity index (χ0v) is 15.4. The molecule has 0 saturated carbocycles. The van der Waals surface area contributed by atoms with Crippen molar-refractivity contribution in [3.63, 3.8) is 0 Å². The minimum Gasteiger partial charge on any atom is -0.334 e. The number of aryl methyl sites for hydroxylation is 2. The standard InChI is InChI=1S/C19H28N4O2/c1-14-9-15(2)11-17(10-14)23-8-7-22(13-18(23)24)19(25)20-16-5-4-6-21(3)12-16/h9-11,16H,4-8,12-13H2,1-3H3,(H,20,25)/t16-/m0/s1. The summed E-state index contributed by atoms with van der Waals surface area (Å²) in [5.41, 5.74) is 3.21. The van der Waals surface area contributed by atoms with Gasteiger partial charge < -0.3 is 20.0 Å². The summed E-state index contributed by atoms with van der Waals surface area (Å²) in [5, 5.41) is 3.09. The van der Waals surface area contributed by atoms with Crippen LogP contribution in [0, 0.1) is 13.8 Å². The molecule has 2 heterocycles. The normalized spacial score (nSPS) is 22.2. The molecule has 25 heavy (non-hydrogen) atoms. The van der Waals surface area contributed by atoms with Gasteiger partial charge in [0.15, 0.2) is 0 Å². The second-order valence-corrected chi connectivity index (χ2v) is 7.36. The zero-order chi connectivity index (χ0) is 18.0. The van der Waals surface area contributed by atoms with Crippen molar-refractivity contribution in [1.82, 2.24) is 15.1 Å². The van der Waals surface area contributed by atoms with Crippen molar-refractivity contribution in [3.8, 4) is 0 Å². The van der Waals surface area contributed by atoms with Crippen LogP contribution in [0.5, 0.6) is 0 Å². The number of piperidine rings is 1. The van der Waals surface area contributed by atoms with E-state index in [0.717, 1.165) is 42.7 Å². The van der Waals surface area contributed by atoms with E-state index in [1.54, 1.807) is 9.80 Å². The highest BCUT2D eigenvalue weighted by atomic mass is 16.2. The molecule has 0 bridgehead atoms. The van der Waals surface area contributed by atoms with Gasteiger partial charge in [0.25, 0.3) is 0 Å². The van der Waals surface area contributed by atoms with Gasteiger partial charge in [-0.2, -0.15) is 0 Å². The Balaban J connectivity index is 1.59. The number of benzene rings is 1. The highest BCUT2D eigenvalue weighted by Crippen LogP contribution is 2.21. The maximum atomic E-state index is 12.6. The van der Waals surface area contributed by atoms with Crippen LogP contribution in [0.15, 0.2) is 18.2 Å². The van der Waals surface area contributed by atoms with Crippen molar-refractivity contribution < 1.29 is 9.59 Å². The van der Waals surface area contributed by atoms with Gasteiger partial charge in [0.05, 0.1) is 0 Å². The summed E-state index contributed by atoms with van der Waals surface area (Å²) >= 11 is 0. The van der Waals surface area contributed by atoms with Crippen molar-refractivity contribution in [2.75, 3.05) is 44.7 Å². The Morgan fingerprint density at radius 2 is 1.84 bits per heavy atom. The molecule has 1 N–H and O–H groups in total. The van der Waals surface area contributed by atoms with Crippen LogP contribution in [0.25, 0.3) is 0 Å². The number of hydrogen-bond donors (Lipinski definition) is 1. The fraction of sp³-hybridized carbons (Fsp3) is 0.579. The Bertz CT molecular complexity index is 641. The van der Waals surface area contributed by atoms with E-state index in [9.17, 15) is 9.59 Å². The SMILES string of the molecule is Cc1cc(C)cc(N2CCN(C(=O)N[C@H]3CCCN(C)C3)CC2=O)c1. The summed E-state index contributed by atoms with van der Waals surface area (Å²) in [6.45, 7) is 7.27. The summed E-state index contributed by atoms with van der Waals surface area (Å²) < 4.78 is 0. The van der Waals surface area contributed by atoms with Crippen LogP contribution >= 0.6 is 0 Å². The predicted molar refractivity (Wildman–Crippen MR) is 98.9 cm³/mol. The lowest BCUT2D eigenvalue weighted by atomic mass is 10.1. The molecule has 0 unspecified atom stereocenters. The summed E-state index contributed by atoms with van der Waals surface area (Å²) in [6, 6.07) is 6.21. The van der Waals surface area contributed by atoms with Gasteiger partial charge in [-0.25, -0.2) is 4.79 Å². The summed E-state index contributed by atoms with van der Waals surface area (Å²) in [4.78, 5) is 30.7. The van der Waals surface area contributed by atoms with Gasteiger partial charge in [-0.05, 0) is 63.5 Å². The average molecular weight is 344 g/mol.